The Morgan fingerprint density at radius 3 is 1.97 bits per heavy atom. The molecule has 0 saturated carbocycles. The Morgan fingerprint density at radius 2 is 1.43 bits per heavy atom. The van der Waals surface area contributed by atoms with Gasteiger partial charge in [0.1, 0.15) is 17.8 Å². The zero-order valence-electron chi connectivity index (χ0n) is 21.1. The highest BCUT2D eigenvalue weighted by Crippen LogP contribution is 2.20. The first-order chi connectivity index (χ1) is 16.3. The largest absolute Gasteiger partial charge is 0.486 e. The Morgan fingerprint density at radius 1 is 0.857 bits per heavy atom. The first-order valence-corrected chi connectivity index (χ1v) is 11.3. The molecule has 2 aromatic carbocycles. The number of rotatable bonds is 6. The highest BCUT2D eigenvalue weighted by Gasteiger charge is 2.21. The first-order valence-electron chi connectivity index (χ1n) is 11.3. The minimum Gasteiger partial charge on any atom is -0.486 e. The van der Waals surface area contributed by atoms with Crippen LogP contribution in [0.5, 0.6) is 5.75 Å². The summed E-state index contributed by atoms with van der Waals surface area (Å²) in [5.41, 5.74) is 0.233. The summed E-state index contributed by atoms with van der Waals surface area (Å²) in [4.78, 5) is 28.6. The van der Waals surface area contributed by atoms with Gasteiger partial charge in [-0.25, -0.2) is 14.0 Å². The standard InChI is InChI=1S/C26H34FN3O5/c1-25(2,3)34-23(31)29-22(30-24(32)35-26(4,5)6)28-15-14-18-12-13-20(27)21(16-18)33-17-19-10-8-7-9-11-19/h7-13,16H,14-15,17H2,1-6H3,(H2,28,29,30,31,32)/i27-1. The highest BCUT2D eigenvalue weighted by atomic mass is 18.2. The van der Waals surface area contributed by atoms with Crippen molar-refractivity contribution in [2.24, 2.45) is 4.99 Å². The summed E-state index contributed by atoms with van der Waals surface area (Å²) in [5.74, 6) is -0.447. The zero-order valence-corrected chi connectivity index (χ0v) is 21.1. The molecule has 0 saturated heterocycles. The van der Waals surface area contributed by atoms with Gasteiger partial charge in [-0.05, 0) is 71.2 Å². The molecule has 0 bridgehead atoms. The second kappa shape index (κ2) is 12.2. The average Bonchev–Trinajstić information content (AvgIpc) is 2.71. The quantitative estimate of drug-likeness (QED) is 0.424. The number of halogens is 1. The Balaban J connectivity index is 2.06. The monoisotopic (exact) mass is 486 g/mol. The lowest BCUT2D eigenvalue weighted by atomic mass is 10.1. The maximum Gasteiger partial charge on any atom is 0.414 e. The molecule has 0 radical (unpaired) electrons. The molecule has 190 valence electrons. The third-order valence-electron chi connectivity index (χ3n) is 4.14. The number of carbonyl (C=O) groups excluding carboxylic acids is 2. The van der Waals surface area contributed by atoms with Crippen LogP contribution in [-0.4, -0.2) is 35.9 Å². The lowest BCUT2D eigenvalue weighted by Gasteiger charge is -2.22. The molecule has 0 aliphatic carbocycles. The first kappa shape index (κ1) is 27.6. The molecule has 2 rings (SSSR count). The normalized spacial score (nSPS) is 11.3. The van der Waals surface area contributed by atoms with Crippen LogP contribution in [0.25, 0.3) is 0 Å². The van der Waals surface area contributed by atoms with Gasteiger partial charge in [0.05, 0.1) is 0 Å². The van der Waals surface area contributed by atoms with Crippen molar-refractivity contribution in [1.82, 2.24) is 10.6 Å². The topological polar surface area (TPSA) is 98.3 Å². The molecule has 0 aliphatic rings. The predicted octanol–water partition coefficient (Wildman–Crippen LogP) is 5.35. The molecule has 2 amide bonds. The van der Waals surface area contributed by atoms with Gasteiger partial charge in [-0.2, -0.15) is 0 Å². The molecule has 0 fully saturated rings. The van der Waals surface area contributed by atoms with Gasteiger partial charge in [-0.3, -0.25) is 15.6 Å². The average molecular weight is 487 g/mol. The summed E-state index contributed by atoms with van der Waals surface area (Å²) in [6, 6.07) is 14.0. The Hall–Kier alpha value is -3.62. The van der Waals surface area contributed by atoms with Crippen LogP contribution in [0.2, 0.25) is 0 Å². The number of nitrogens with one attached hydrogen (secondary N) is 2. The van der Waals surface area contributed by atoms with Crippen LogP contribution in [0.4, 0.5) is 14.0 Å². The molecule has 0 aliphatic heterocycles. The highest BCUT2D eigenvalue weighted by molar-refractivity contribution is 6.01. The number of amides is 2. The molecular weight excluding hydrogens is 452 g/mol. The molecule has 0 unspecified atom stereocenters. The predicted molar refractivity (Wildman–Crippen MR) is 132 cm³/mol. The van der Waals surface area contributed by atoms with Gasteiger partial charge < -0.3 is 14.2 Å². The third kappa shape index (κ3) is 11.4. The molecule has 0 heterocycles. The third-order valence-corrected chi connectivity index (χ3v) is 4.14. The van der Waals surface area contributed by atoms with Crippen LogP contribution in [0.3, 0.4) is 0 Å². The Labute approximate surface area is 205 Å². The van der Waals surface area contributed by atoms with Crippen LogP contribution in [0.1, 0.15) is 52.7 Å². The fraction of sp³-hybridized carbons (Fsp3) is 0.423. The summed E-state index contributed by atoms with van der Waals surface area (Å²) in [7, 11) is 0. The van der Waals surface area contributed by atoms with E-state index in [1.54, 1.807) is 53.7 Å². The van der Waals surface area contributed by atoms with Gasteiger partial charge >= 0.3 is 12.2 Å². The van der Waals surface area contributed by atoms with Gasteiger partial charge in [0.15, 0.2) is 11.6 Å². The van der Waals surface area contributed by atoms with Crippen molar-refractivity contribution in [3.05, 3.63) is 65.5 Å². The number of hydrogen-bond donors (Lipinski definition) is 2. The summed E-state index contributed by atoms with van der Waals surface area (Å²) >= 11 is 0. The van der Waals surface area contributed by atoms with E-state index < -0.39 is 29.2 Å². The molecule has 35 heavy (non-hydrogen) atoms. The summed E-state index contributed by atoms with van der Waals surface area (Å²) in [6.45, 7) is 10.7. The second-order valence-electron chi connectivity index (χ2n) is 9.77. The number of hydrogen-bond acceptors (Lipinski definition) is 6. The summed E-state index contributed by atoms with van der Waals surface area (Å²) in [6.07, 6.45) is -1.14. The SMILES string of the molecule is CC(C)(C)OC(=O)NC(=NCCc1ccc([18F])c(OCc2ccccc2)c1)NC(=O)OC(C)(C)C. The molecule has 2 aromatic rings. The van der Waals surface area contributed by atoms with E-state index in [4.69, 9.17) is 14.2 Å². The summed E-state index contributed by atoms with van der Waals surface area (Å²) in [5, 5.41) is 4.86. The van der Waals surface area contributed by atoms with Crippen molar-refractivity contribution in [2.45, 2.75) is 65.8 Å². The fourth-order valence-corrected chi connectivity index (χ4v) is 2.76. The molecule has 8 nitrogen and oxygen atoms in total. The van der Waals surface area contributed by atoms with Crippen LogP contribution >= 0.6 is 0 Å². The van der Waals surface area contributed by atoms with E-state index in [1.165, 1.54) is 6.07 Å². The number of alkyl carbamates (subject to hydrolysis) is 2. The van der Waals surface area contributed by atoms with E-state index in [0.29, 0.717) is 6.42 Å². The number of aliphatic imine (C=N–C) groups is 1. The lowest BCUT2D eigenvalue weighted by Crippen LogP contribution is -2.47. The van der Waals surface area contributed by atoms with Gasteiger partial charge in [0, 0.05) is 6.54 Å². The molecule has 0 aromatic heterocycles. The van der Waals surface area contributed by atoms with Crippen molar-refractivity contribution in [3.63, 3.8) is 0 Å². The van der Waals surface area contributed by atoms with Gasteiger partial charge in [-0.1, -0.05) is 36.4 Å². The molecular formula is C26H34FN3O5. The van der Waals surface area contributed by atoms with Gasteiger partial charge in [-0.15, -0.1) is 0 Å². The molecule has 0 atom stereocenters. The maximum atomic E-state index is 14.2. The number of benzene rings is 2. The van der Waals surface area contributed by atoms with Crippen LogP contribution in [-0.2, 0) is 22.5 Å². The molecule has 9 heteroatoms. The molecule has 0 spiro atoms. The van der Waals surface area contributed by atoms with Gasteiger partial charge in [0.25, 0.3) is 0 Å². The van der Waals surface area contributed by atoms with Gasteiger partial charge in [0.2, 0.25) is 5.96 Å². The van der Waals surface area contributed by atoms with Crippen LogP contribution in [0, 0.1) is 5.82 Å². The number of ether oxygens (including phenoxy) is 3. The number of nitrogens with zero attached hydrogens (tertiary/aromatic N) is 1. The second-order valence-corrected chi connectivity index (χ2v) is 9.77. The zero-order chi connectivity index (χ0) is 26.1. The van der Waals surface area contributed by atoms with Crippen molar-refractivity contribution < 1.29 is 28.2 Å². The van der Waals surface area contributed by atoms with Crippen molar-refractivity contribution >= 4 is 18.1 Å². The van der Waals surface area contributed by atoms with Crippen molar-refractivity contribution in [1.29, 1.82) is 0 Å². The number of carbonyl (C=O) groups is 2. The smallest absolute Gasteiger partial charge is 0.414 e. The van der Waals surface area contributed by atoms with E-state index in [-0.39, 0.29) is 24.9 Å². The maximum absolute atomic E-state index is 14.2. The Kier molecular flexibility index (Phi) is 9.62. The van der Waals surface area contributed by atoms with Crippen LogP contribution < -0.4 is 15.4 Å². The van der Waals surface area contributed by atoms with E-state index in [9.17, 15) is 14.0 Å². The summed E-state index contributed by atoms with van der Waals surface area (Å²) < 4.78 is 30.3. The molecule has 2 N–H and O–H groups in total. The van der Waals surface area contributed by atoms with Crippen molar-refractivity contribution in [2.75, 3.05) is 6.54 Å². The van der Waals surface area contributed by atoms with E-state index in [0.717, 1.165) is 11.1 Å². The Bertz CT molecular complexity index is 996. The lowest BCUT2D eigenvalue weighted by molar-refractivity contribution is 0.0545. The van der Waals surface area contributed by atoms with E-state index >= 15 is 0 Å². The minimum atomic E-state index is -0.773. The van der Waals surface area contributed by atoms with E-state index in [1.807, 2.05) is 30.3 Å². The fourth-order valence-electron chi connectivity index (χ4n) is 2.76. The minimum absolute atomic E-state index is 0.115. The van der Waals surface area contributed by atoms with Crippen molar-refractivity contribution in [3.8, 4) is 5.75 Å². The van der Waals surface area contributed by atoms with Crippen LogP contribution in [0.15, 0.2) is 53.5 Å². The van der Waals surface area contributed by atoms with E-state index in [2.05, 4.69) is 15.6 Å². The number of guanidine groups is 1.